The normalized spacial score (nSPS) is 25.6. The summed E-state index contributed by atoms with van der Waals surface area (Å²) < 4.78 is 11.1. The standard InChI is InChI=1S/C36H44N4O4/c1-18-27(38-16-23-10-11-29-30(12-23)44-17-43-29)15-28(39(6)7)25-13-24-14-26-34(40(8)9)35(41)33(22(5)37)21(4)36(26,42)20(3)32(24)19(2)31(18)25/h10-12,15,24,26,34,38,41-42H,2,4-5,13-14,16-17,37H2,1,3,6-9H3/t24-,26-,34-,36-/m0/s1. The maximum atomic E-state index is 12.6. The topological polar surface area (TPSA) is 103 Å². The van der Waals surface area contributed by atoms with Crippen molar-refractivity contribution in [1.29, 1.82) is 0 Å². The lowest BCUT2D eigenvalue weighted by atomic mass is 9.55. The SMILES string of the molecule is C=C(N)C1=C(O)[C@@H](N(C)C)[C@@H]2C[C@@H]3Cc4c(N(C)C)cc(NCc5ccc6c(c5)OCO6)c(C)c4C(=C)C3=C(C)[C@]2(O)C1=C. The molecule has 232 valence electrons. The van der Waals surface area contributed by atoms with Crippen molar-refractivity contribution in [3.63, 3.8) is 0 Å². The summed E-state index contributed by atoms with van der Waals surface area (Å²) in [5.74, 6) is 1.46. The number of rotatable bonds is 6. The van der Waals surface area contributed by atoms with Crippen molar-refractivity contribution in [1.82, 2.24) is 4.90 Å². The average Bonchev–Trinajstić information content (AvgIpc) is 3.42. The van der Waals surface area contributed by atoms with Gasteiger partial charge in [-0.15, -0.1) is 0 Å². The summed E-state index contributed by atoms with van der Waals surface area (Å²) in [4.78, 5) is 4.12. The van der Waals surface area contributed by atoms with Gasteiger partial charge in [-0.1, -0.05) is 25.8 Å². The van der Waals surface area contributed by atoms with Crippen LogP contribution in [0.4, 0.5) is 11.4 Å². The molecule has 3 aliphatic carbocycles. The van der Waals surface area contributed by atoms with E-state index < -0.39 is 11.6 Å². The molecule has 0 saturated carbocycles. The number of aliphatic hydroxyl groups is 2. The van der Waals surface area contributed by atoms with Crippen LogP contribution in [-0.2, 0) is 13.0 Å². The number of benzene rings is 2. The highest BCUT2D eigenvalue weighted by Gasteiger charge is 2.57. The van der Waals surface area contributed by atoms with Crippen LogP contribution in [0.3, 0.4) is 0 Å². The highest BCUT2D eigenvalue weighted by atomic mass is 16.7. The number of hydrogen-bond donors (Lipinski definition) is 4. The lowest BCUT2D eigenvalue weighted by Gasteiger charge is -2.54. The Labute approximate surface area is 260 Å². The van der Waals surface area contributed by atoms with E-state index in [4.69, 9.17) is 15.2 Å². The van der Waals surface area contributed by atoms with Gasteiger partial charge in [-0.25, -0.2) is 0 Å². The molecule has 1 aliphatic heterocycles. The van der Waals surface area contributed by atoms with Gasteiger partial charge in [0.2, 0.25) is 6.79 Å². The largest absolute Gasteiger partial charge is 0.510 e. The van der Waals surface area contributed by atoms with Crippen LogP contribution in [0.25, 0.3) is 5.57 Å². The van der Waals surface area contributed by atoms with Crippen molar-refractivity contribution in [3.05, 3.63) is 100 Å². The number of anilines is 2. The van der Waals surface area contributed by atoms with Crippen LogP contribution >= 0.6 is 0 Å². The van der Waals surface area contributed by atoms with Gasteiger partial charge in [0.25, 0.3) is 0 Å². The summed E-state index contributed by atoms with van der Waals surface area (Å²) in [6.07, 6.45) is 1.46. The van der Waals surface area contributed by atoms with Crippen LogP contribution in [0.5, 0.6) is 11.5 Å². The zero-order valence-corrected chi connectivity index (χ0v) is 26.7. The first kappa shape index (κ1) is 29.9. The highest BCUT2D eigenvalue weighted by molar-refractivity contribution is 5.91. The second-order valence-electron chi connectivity index (χ2n) is 13.1. The summed E-state index contributed by atoms with van der Waals surface area (Å²) in [7, 11) is 7.98. The van der Waals surface area contributed by atoms with E-state index in [1.807, 2.05) is 44.1 Å². The Morgan fingerprint density at radius 1 is 1.11 bits per heavy atom. The van der Waals surface area contributed by atoms with E-state index in [-0.39, 0.29) is 30.1 Å². The van der Waals surface area contributed by atoms with Gasteiger partial charge in [-0.3, -0.25) is 4.90 Å². The fourth-order valence-electron chi connectivity index (χ4n) is 8.14. The molecule has 0 amide bonds. The van der Waals surface area contributed by atoms with Crippen molar-refractivity contribution in [2.24, 2.45) is 17.6 Å². The zero-order valence-electron chi connectivity index (χ0n) is 26.7. The number of aliphatic hydroxyl groups excluding tert-OH is 1. The highest BCUT2D eigenvalue weighted by Crippen LogP contribution is 2.58. The number of nitrogens with one attached hydrogen (secondary N) is 1. The molecule has 6 rings (SSSR count). The Kier molecular flexibility index (Phi) is 7.13. The predicted molar refractivity (Wildman–Crippen MR) is 177 cm³/mol. The van der Waals surface area contributed by atoms with Gasteiger partial charge < -0.3 is 35.6 Å². The summed E-state index contributed by atoms with van der Waals surface area (Å²) in [6.45, 7) is 17.9. The molecule has 0 spiro atoms. The van der Waals surface area contributed by atoms with E-state index in [0.717, 1.165) is 62.7 Å². The van der Waals surface area contributed by atoms with Crippen LogP contribution in [0.15, 0.2) is 77.8 Å². The lowest BCUT2D eigenvalue weighted by Crippen LogP contribution is -2.58. The third-order valence-electron chi connectivity index (χ3n) is 10.2. The zero-order chi connectivity index (χ0) is 31.8. The van der Waals surface area contributed by atoms with Gasteiger partial charge in [0, 0.05) is 49.2 Å². The molecule has 44 heavy (non-hydrogen) atoms. The second-order valence-corrected chi connectivity index (χ2v) is 13.1. The quantitative estimate of drug-likeness (QED) is 0.350. The summed E-state index contributed by atoms with van der Waals surface area (Å²) in [5, 5.41) is 27.7. The van der Waals surface area contributed by atoms with Gasteiger partial charge in [-0.2, -0.15) is 0 Å². The smallest absolute Gasteiger partial charge is 0.231 e. The molecule has 2 aromatic rings. The molecule has 0 aromatic heterocycles. The number of ether oxygens (including phenoxy) is 2. The Morgan fingerprint density at radius 3 is 2.48 bits per heavy atom. The van der Waals surface area contributed by atoms with Crippen molar-refractivity contribution >= 4 is 16.9 Å². The molecule has 4 atom stereocenters. The molecule has 5 N–H and O–H groups in total. The molecule has 0 saturated heterocycles. The predicted octanol–water partition coefficient (Wildman–Crippen LogP) is 5.44. The number of likely N-dealkylation sites (N-methyl/N-ethyl adjacent to an activating group) is 1. The molecule has 1 heterocycles. The molecule has 0 bridgehead atoms. The van der Waals surface area contributed by atoms with Crippen molar-refractivity contribution < 1.29 is 19.7 Å². The molecule has 2 aromatic carbocycles. The summed E-state index contributed by atoms with van der Waals surface area (Å²) in [5.41, 5.74) is 15.3. The molecule has 4 aliphatic rings. The molecule has 0 unspecified atom stereocenters. The first-order valence-electron chi connectivity index (χ1n) is 15.1. The minimum absolute atomic E-state index is 0.122. The number of nitrogens with zero attached hydrogens (tertiary/aromatic N) is 2. The van der Waals surface area contributed by atoms with Crippen molar-refractivity contribution in [2.45, 2.75) is 44.9 Å². The number of nitrogens with two attached hydrogens (primary N) is 1. The number of fused-ring (bicyclic) bond motifs is 4. The van der Waals surface area contributed by atoms with Crippen molar-refractivity contribution in [3.8, 4) is 11.5 Å². The molecular weight excluding hydrogens is 552 g/mol. The summed E-state index contributed by atoms with van der Waals surface area (Å²) >= 11 is 0. The van der Waals surface area contributed by atoms with Gasteiger partial charge in [-0.05, 0) is 109 Å². The molecule has 8 heteroatoms. The van der Waals surface area contributed by atoms with E-state index in [1.165, 1.54) is 5.56 Å². The van der Waals surface area contributed by atoms with Gasteiger partial charge in [0.15, 0.2) is 11.5 Å². The maximum Gasteiger partial charge on any atom is 0.231 e. The lowest BCUT2D eigenvalue weighted by molar-refractivity contribution is -0.0178. The minimum atomic E-state index is -1.40. The van der Waals surface area contributed by atoms with Crippen molar-refractivity contribution in [2.75, 3.05) is 45.2 Å². The van der Waals surface area contributed by atoms with Gasteiger partial charge >= 0.3 is 0 Å². The first-order chi connectivity index (χ1) is 20.8. The van der Waals surface area contributed by atoms with E-state index in [2.05, 4.69) is 57.0 Å². The maximum absolute atomic E-state index is 12.6. The Balaban J connectivity index is 1.44. The van der Waals surface area contributed by atoms with E-state index in [1.54, 1.807) is 0 Å². The van der Waals surface area contributed by atoms with Crippen LogP contribution in [-0.4, -0.2) is 61.7 Å². The Hall–Kier alpha value is -4.14. The molecular formula is C36H44N4O4. The minimum Gasteiger partial charge on any atom is -0.510 e. The van der Waals surface area contributed by atoms with Crippen LogP contribution in [0.2, 0.25) is 0 Å². The first-order valence-corrected chi connectivity index (χ1v) is 15.1. The second kappa shape index (κ2) is 10.5. The van der Waals surface area contributed by atoms with Crippen LogP contribution in [0, 0.1) is 18.8 Å². The van der Waals surface area contributed by atoms with E-state index in [0.29, 0.717) is 24.1 Å². The fourth-order valence-corrected chi connectivity index (χ4v) is 8.14. The average molecular weight is 597 g/mol. The summed E-state index contributed by atoms with van der Waals surface area (Å²) in [6, 6.07) is 7.80. The molecule has 0 radical (unpaired) electrons. The Bertz CT molecular complexity index is 1680. The third kappa shape index (κ3) is 4.26. The Morgan fingerprint density at radius 2 is 1.82 bits per heavy atom. The van der Waals surface area contributed by atoms with Crippen LogP contribution < -0.4 is 25.4 Å². The van der Waals surface area contributed by atoms with E-state index >= 15 is 0 Å². The fraction of sp³-hybridized carbons (Fsp3) is 0.389. The monoisotopic (exact) mass is 596 g/mol. The molecule has 0 fully saturated rings. The molecule has 8 nitrogen and oxygen atoms in total. The number of hydrogen-bond acceptors (Lipinski definition) is 8. The van der Waals surface area contributed by atoms with E-state index in [9.17, 15) is 10.2 Å². The third-order valence-corrected chi connectivity index (χ3v) is 10.2. The number of allylic oxidation sites excluding steroid dienone is 3. The van der Waals surface area contributed by atoms with Gasteiger partial charge in [0.1, 0.15) is 11.4 Å². The van der Waals surface area contributed by atoms with Gasteiger partial charge in [0.05, 0.1) is 6.04 Å². The van der Waals surface area contributed by atoms with Crippen LogP contribution in [0.1, 0.15) is 35.6 Å².